The molecule has 3 saturated heterocycles. The summed E-state index contributed by atoms with van der Waals surface area (Å²) in [4.78, 5) is 11.0. The fourth-order valence-corrected chi connectivity index (χ4v) is 5.19. The third-order valence-electron chi connectivity index (χ3n) is 4.24. The van der Waals surface area contributed by atoms with Crippen LogP contribution >= 0.6 is 0 Å². The maximum Gasteiger partial charge on any atom is 0.465 e. The third kappa shape index (κ3) is 3.21. The van der Waals surface area contributed by atoms with Gasteiger partial charge in [0, 0.05) is 12.8 Å². The highest BCUT2D eigenvalue weighted by molar-refractivity contribution is 7.88. The summed E-state index contributed by atoms with van der Waals surface area (Å²) in [5, 5.41) is 3.47. The van der Waals surface area contributed by atoms with Gasteiger partial charge in [-0.1, -0.05) is 0 Å². The molecule has 3 aliphatic heterocycles. The zero-order valence-electron chi connectivity index (χ0n) is 12.7. The van der Waals surface area contributed by atoms with Gasteiger partial charge in [0.25, 0.3) is 10.1 Å². The van der Waals surface area contributed by atoms with E-state index in [-0.39, 0.29) is 6.42 Å². The molecular formula is C11H14F2O11S2. The predicted molar refractivity (Wildman–Crippen MR) is 73.8 cm³/mol. The number of rotatable bonds is 7. The Bertz CT molecular complexity index is 793. The number of aliphatic hydroxyl groups excluding tert-OH is 1. The first-order chi connectivity index (χ1) is 11.8. The Morgan fingerprint density at radius 3 is 2.62 bits per heavy atom. The number of fused-ring (bicyclic) bond motifs is 1. The molecule has 0 amide bonds. The van der Waals surface area contributed by atoms with Crippen LogP contribution in [-0.2, 0) is 43.4 Å². The van der Waals surface area contributed by atoms with E-state index >= 15 is 0 Å². The summed E-state index contributed by atoms with van der Waals surface area (Å²) < 4.78 is 98.1. The molecule has 150 valence electrons. The highest BCUT2D eigenvalue weighted by Gasteiger charge is 2.67. The number of alkyl halides is 2. The van der Waals surface area contributed by atoms with Crippen LogP contribution in [0.5, 0.6) is 0 Å². The van der Waals surface area contributed by atoms with E-state index < -0.39 is 80.4 Å². The van der Waals surface area contributed by atoms with Crippen LogP contribution in [-0.4, -0.2) is 80.3 Å². The summed E-state index contributed by atoms with van der Waals surface area (Å²) in [5.74, 6) is -2.52. The number of carbonyl (C=O) groups excluding carboxylic acids is 1. The van der Waals surface area contributed by atoms with Gasteiger partial charge in [0.05, 0.1) is 12.7 Å². The van der Waals surface area contributed by atoms with Crippen molar-refractivity contribution in [2.45, 2.75) is 54.1 Å². The Kier molecular flexibility index (Phi) is 4.78. The molecule has 0 aromatic rings. The maximum atomic E-state index is 13.0. The van der Waals surface area contributed by atoms with E-state index in [1.54, 1.807) is 0 Å². The van der Waals surface area contributed by atoms with Gasteiger partial charge < -0.3 is 19.3 Å². The molecule has 26 heavy (non-hydrogen) atoms. The van der Waals surface area contributed by atoms with E-state index in [4.69, 9.17) is 18.2 Å². The van der Waals surface area contributed by atoms with Crippen molar-refractivity contribution in [3.63, 3.8) is 0 Å². The molecule has 0 aromatic heterocycles. The quantitative estimate of drug-likeness (QED) is 0.209. The summed E-state index contributed by atoms with van der Waals surface area (Å²) in [6.07, 6.45) is -5.01. The molecule has 0 aromatic carbocycles. The lowest BCUT2D eigenvalue weighted by atomic mass is 9.95. The first-order valence-electron chi connectivity index (χ1n) is 7.28. The van der Waals surface area contributed by atoms with Crippen molar-refractivity contribution in [3.05, 3.63) is 0 Å². The zero-order chi connectivity index (χ0) is 19.5. The Morgan fingerprint density at radius 2 is 2.00 bits per heavy atom. The summed E-state index contributed by atoms with van der Waals surface area (Å²) in [5.41, 5.74) is 0. The van der Waals surface area contributed by atoms with Crippen molar-refractivity contribution in [1.29, 1.82) is 0 Å². The molecule has 11 nitrogen and oxygen atoms in total. The second kappa shape index (κ2) is 6.29. The van der Waals surface area contributed by atoms with Crippen LogP contribution in [0.25, 0.3) is 0 Å². The molecule has 3 rings (SSSR count). The third-order valence-corrected chi connectivity index (χ3v) is 6.78. The topological polar surface area (TPSA) is 163 Å². The van der Waals surface area contributed by atoms with Crippen molar-refractivity contribution in [1.82, 2.24) is 0 Å². The van der Waals surface area contributed by atoms with Gasteiger partial charge in [-0.2, -0.15) is 25.6 Å². The van der Waals surface area contributed by atoms with Crippen molar-refractivity contribution >= 4 is 26.2 Å². The number of carbonyl (C=O) groups is 1. The molecule has 3 aliphatic rings. The average Bonchev–Trinajstić information content (AvgIpc) is 3.07. The summed E-state index contributed by atoms with van der Waals surface area (Å²) in [7, 11) is -9.93. The van der Waals surface area contributed by atoms with Gasteiger partial charge in [0.15, 0.2) is 6.29 Å². The monoisotopic (exact) mass is 424 g/mol. The number of hydrogen-bond donors (Lipinski definition) is 2. The average molecular weight is 424 g/mol. The molecule has 2 N–H and O–H groups in total. The molecular weight excluding hydrogens is 410 g/mol. The van der Waals surface area contributed by atoms with E-state index in [1.807, 2.05) is 0 Å². The molecule has 0 aliphatic carbocycles. The van der Waals surface area contributed by atoms with E-state index in [2.05, 4.69) is 4.74 Å². The SMILES string of the molecule is O=C(OCCC(O)OC1C2CC3OS(=O)(=O)C1C3O2)C(F)(F)S(=O)(=O)O. The molecule has 6 atom stereocenters. The highest BCUT2D eigenvalue weighted by Crippen LogP contribution is 2.48. The van der Waals surface area contributed by atoms with Gasteiger partial charge in [-0.3, -0.25) is 8.74 Å². The summed E-state index contributed by atoms with van der Waals surface area (Å²) in [6.45, 7) is -0.872. The number of halogens is 2. The first-order valence-corrected chi connectivity index (χ1v) is 10.2. The number of ether oxygens (including phenoxy) is 3. The fraction of sp³-hybridized carbons (Fsp3) is 0.909. The van der Waals surface area contributed by atoms with Crippen LogP contribution in [0.2, 0.25) is 0 Å². The van der Waals surface area contributed by atoms with Crippen LogP contribution in [0.4, 0.5) is 8.78 Å². The molecule has 2 bridgehead atoms. The molecule has 3 heterocycles. The summed E-state index contributed by atoms with van der Waals surface area (Å²) >= 11 is 0. The molecule has 15 heteroatoms. The maximum absolute atomic E-state index is 13.0. The van der Waals surface area contributed by atoms with Crippen LogP contribution in [0.3, 0.4) is 0 Å². The second-order valence-corrected chi connectivity index (χ2v) is 9.12. The minimum atomic E-state index is -5.99. The van der Waals surface area contributed by atoms with Gasteiger partial charge in [-0.25, -0.2) is 4.79 Å². The smallest absolute Gasteiger partial charge is 0.460 e. The van der Waals surface area contributed by atoms with Crippen molar-refractivity contribution in [2.75, 3.05) is 6.61 Å². The zero-order valence-corrected chi connectivity index (χ0v) is 14.4. The normalized spacial score (nSPS) is 36.2. The first kappa shape index (κ1) is 19.8. The lowest BCUT2D eigenvalue weighted by molar-refractivity contribution is -0.172. The Labute approximate surface area is 146 Å². The van der Waals surface area contributed by atoms with Crippen molar-refractivity contribution in [2.24, 2.45) is 0 Å². The van der Waals surface area contributed by atoms with Gasteiger partial charge in [0.1, 0.15) is 23.6 Å². The highest BCUT2D eigenvalue weighted by atomic mass is 32.2. The Balaban J connectivity index is 1.51. The lowest BCUT2D eigenvalue weighted by Gasteiger charge is -2.24. The Morgan fingerprint density at radius 1 is 1.35 bits per heavy atom. The van der Waals surface area contributed by atoms with E-state index in [0.29, 0.717) is 0 Å². The van der Waals surface area contributed by atoms with Crippen molar-refractivity contribution in [3.8, 4) is 0 Å². The molecule has 6 unspecified atom stereocenters. The fourth-order valence-electron chi connectivity index (χ4n) is 3.12. The van der Waals surface area contributed by atoms with Crippen LogP contribution in [0.15, 0.2) is 0 Å². The minimum Gasteiger partial charge on any atom is -0.460 e. The predicted octanol–water partition coefficient (Wildman–Crippen LogP) is -1.63. The van der Waals surface area contributed by atoms with Gasteiger partial charge in [-0.15, -0.1) is 0 Å². The minimum absolute atomic E-state index is 0.243. The van der Waals surface area contributed by atoms with Crippen LogP contribution < -0.4 is 0 Å². The Hall–Kier alpha value is -0.970. The van der Waals surface area contributed by atoms with Gasteiger partial charge >= 0.3 is 21.3 Å². The second-order valence-electron chi connectivity index (χ2n) is 5.94. The van der Waals surface area contributed by atoms with E-state index in [1.165, 1.54) is 0 Å². The van der Waals surface area contributed by atoms with E-state index in [0.717, 1.165) is 0 Å². The molecule has 3 fully saturated rings. The number of aliphatic hydroxyl groups is 1. The van der Waals surface area contributed by atoms with Crippen LogP contribution in [0.1, 0.15) is 12.8 Å². The van der Waals surface area contributed by atoms with Gasteiger partial charge in [-0.05, 0) is 0 Å². The van der Waals surface area contributed by atoms with E-state index in [9.17, 15) is 35.5 Å². The molecule has 0 radical (unpaired) electrons. The van der Waals surface area contributed by atoms with Crippen LogP contribution in [0, 0.1) is 0 Å². The standard InChI is InChI=1S/C11H14F2O11S2/c12-11(13,26(18,19)20)10(15)21-2-1-6(14)23-7-4-3-5-8(22-4)9(7)25(16,17)24-5/h4-9,14H,1-3H2,(H,18,19,20). The number of hydrogen-bond acceptors (Lipinski definition) is 10. The van der Waals surface area contributed by atoms with Gasteiger partial charge in [0.2, 0.25) is 0 Å². The number of esters is 1. The largest absolute Gasteiger partial charge is 0.465 e. The lowest BCUT2D eigenvalue weighted by Crippen LogP contribution is -2.44. The van der Waals surface area contributed by atoms with Crippen molar-refractivity contribution < 1.29 is 58.5 Å². The molecule has 0 saturated carbocycles. The molecule has 0 spiro atoms. The summed E-state index contributed by atoms with van der Waals surface area (Å²) in [6, 6.07) is 0.